The lowest BCUT2D eigenvalue weighted by Gasteiger charge is -2.26. The van der Waals surface area contributed by atoms with E-state index in [0.717, 1.165) is 5.56 Å². The normalized spacial score (nSPS) is 10.5. The summed E-state index contributed by atoms with van der Waals surface area (Å²) in [5.74, 6) is 0.0650. The molecule has 0 aromatic heterocycles. The third-order valence-electron chi connectivity index (χ3n) is 2.48. The Labute approximate surface area is 96.7 Å². The second-order valence-corrected chi connectivity index (χ2v) is 4.07. The molecule has 0 saturated carbocycles. The number of nitrogens with zero attached hydrogens (tertiary/aromatic N) is 1. The summed E-state index contributed by atoms with van der Waals surface area (Å²) in [4.78, 5) is 13.7. The standard InChI is InChI=1S/C13H19NO2/c1-11(2)14(8-9-15)13(16)10-12-6-4-3-5-7-12/h3-7,11,15H,8-10H2,1-2H3. The van der Waals surface area contributed by atoms with Gasteiger partial charge in [-0.2, -0.15) is 0 Å². The number of rotatable bonds is 5. The van der Waals surface area contributed by atoms with E-state index < -0.39 is 0 Å². The van der Waals surface area contributed by atoms with Gasteiger partial charge in [0.2, 0.25) is 5.91 Å². The molecular weight excluding hydrogens is 202 g/mol. The smallest absolute Gasteiger partial charge is 0.227 e. The number of benzene rings is 1. The van der Waals surface area contributed by atoms with E-state index in [2.05, 4.69) is 0 Å². The minimum Gasteiger partial charge on any atom is -0.395 e. The van der Waals surface area contributed by atoms with Crippen LogP contribution in [0.25, 0.3) is 0 Å². The first-order valence-corrected chi connectivity index (χ1v) is 5.59. The minimum atomic E-state index is 0.0126. The van der Waals surface area contributed by atoms with Crippen LogP contribution in [0.3, 0.4) is 0 Å². The molecule has 1 aromatic rings. The molecule has 0 spiro atoms. The van der Waals surface area contributed by atoms with Gasteiger partial charge in [0.15, 0.2) is 0 Å². The largest absolute Gasteiger partial charge is 0.395 e. The zero-order valence-electron chi connectivity index (χ0n) is 9.89. The van der Waals surface area contributed by atoms with Crippen molar-refractivity contribution >= 4 is 5.91 Å². The Kier molecular flexibility index (Phi) is 4.99. The van der Waals surface area contributed by atoms with Crippen LogP contribution in [0.15, 0.2) is 30.3 Å². The summed E-state index contributed by atoms with van der Waals surface area (Å²) >= 11 is 0. The van der Waals surface area contributed by atoms with Gasteiger partial charge in [0.05, 0.1) is 13.0 Å². The zero-order chi connectivity index (χ0) is 12.0. The monoisotopic (exact) mass is 221 g/mol. The SMILES string of the molecule is CC(C)N(CCO)C(=O)Cc1ccccc1. The highest BCUT2D eigenvalue weighted by Gasteiger charge is 2.16. The number of carbonyl (C=O) groups is 1. The quantitative estimate of drug-likeness (QED) is 0.817. The van der Waals surface area contributed by atoms with Crippen molar-refractivity contribution in [1.82, 2.24) is 4.90 Å². The summed E-state index contributed by atoms with van der Waals surface area (Å²) in [5.41, 5.74) is 1.01. The van der Waals surface area contributed by atoms with Crippen molar-refractivity contribution in [2.24, 2.45) is 0 Å². The van der Waals surface area contributed by atoms with Crippen LogP contribution in [0, 0.1) is 0 Å². The molecule has 1 rings (SSSR count). The average molecular weight is 221 g/mol. The summed E-state index contributed by atoms with van der Waals surface area (Å²) in [7, 11) is 0. The van der Waals surface area contributed by atoms with Crippen molar-refractivity contribution in [3.63, 3.8) is 0 Å². The molecule has 0 unspecified atom stereocenters. The van der Waals surface area contributed by atoms with E-state index in [4.69, 9.17) is 5.11 Å². The molecule has 0 saturated heterocycles. The predicted molar refractivity (Wildman–Crippen MR) is 64.1 cm³/mol. The maximum Gasteiger partial charge on any atom is 0.227 e. The second-order valence-electron chi connectivity index (χ2n) is 4.07. The van der Waals surface area contributed by atoms with E-state index in [9.17, 15) is 4.79 Å². The van der Waals surface area contributed by atoms with E-state index >= 15 is 0 Å². The Bertz CT molecular complexity index is 322. The molecule has 3 nitrogen and oxygen atoms in total. The first kappa shape index (κ1) is 12.7. The molecule has 0 bridgehead atoms. The Morgan fingerprint density at radius 2 is 1.94 bits per heavy atom. The second kappa shape index (κ2) is 6.28. The molecule has 1 N–H and O–H groups in total. The van der Waals surface area contributed by atoms with Crippen LogP contribution in [-0.2, 0) is 11.2 Å². The minimum absolute atomic E-state index is 0.0126. The number of aliphatic hydroxyl groups excluding tert-OH is 1. The maximum atomic E-state index is 12.0. The summed E-state index contributed by atoms with van der Waals surface area (Å²) < 4.78 is 0. The Balaban J connectivity index is 2.62. The predicted octanol–water partition coefficient (Wildman–Crippen LogP) is 1.46. The highest BCUT2D eigenvalue weighted by molar-refractivity contribution is 5.79. The van der Waals surface area contributed by atoms with Crippen LogP contribution in [0.1, 0.15) is 19.4 Å². The van der Waals surface area contributed by atoms with E-state index in [1.807, 2.05) is 44.2 Å². The van der Waals surface area contributed by atoms with Crippen LogP contribution in [0.5, 0.6) is 0 Å². The van der Waals surface area contributed by atoms with Gasteiger partial charge >= 0.3 is 0 Å². The van der Waals surface area contributed by atoms with Crippen molar-refractivity contribution < 1.29 is 9.90 Å². The number of carbonyl (C=O) groups excluding carboxylic acids is 1. The molecule has 88 valence electrons. The fraction of sp³-hybridized carbons (Fsp3) is 0.462. The topological polar surface area (TPSA) is 40.5 Å². The number of hydrogen-bond donors (Lipinski definition) is 1. The van der Waals surface area contributed by atoms with Crippen molar-refractivity contribution in [3.8, 4) is 0 Å². The molecule has 0 aliphatic heterocycles. The van der Waals surface area contributed by atoms with Crippen LogP contribution < -0.4 is 0 Å². The van der Waals surface area contributed by atoms with Crippen molar-refractivity contribution in [3.05, 3.63) is 35.9 Å². The summed E-state index contributed by atoms with van der Waals surface area (Å²) in [6, 6.07) is 9.79. The van der Waals surface area contributed by atoms with Gasteiger partial charge in [-0.3, -0.25) is 4.79 Å². The van der Waals surface area contributed by atoms with Crippen molar-refractivity contribution in [1.29, 1.82) is 0 Å². The molecule has 1 amide bonds. The zero-order valence-corrected chi connectivity index (χ0v) is 9.89. The van der Waals surface area contributed by atoms with Gasteiger partial charge in [-0.05, 0) is 19.4 Å². The first-order valence-electron chi connectivity index (χ1n) is 5.59. The van der Waals surface area contributed by atoms with Gasteiger partial charge in [0.1, 0.15) is 0 Å². The Morgan fingerprint density at radius 1 is 1.31 bits per heavy atom. The average Bonchev–Trinajstić information content (AvgIpc) is 2.26. The van der Waals surface area contributed by atoms with Crippen LogP contribution in [0.2, 0.25) is 0 Å². The van der Waals surface area contributed by atoms with Gasteiger partial charge in [0, 0.05) is 12.6 Å². The summed E-state index contributed by atoms with van der Waals surface area (Å²) in [5, 5.41) is 8.91. The van der Waals surface area contributed by atoms with Gasteiger partial charge in [-0.1, -0.05) is 30.3 Å². The maximum absolute atomic E-state index is 12.0. The Morgan fingerprint density at radius 3 is 2.44 bits per heavy atom. The highest BCUT2D eigenvalue weighted by Crippen LogP contribution is 2.05. The molecule has 0 aliphatic rings. The van der Waals surface area contributed by atoms with Crippen LogP contribution in [0.4, 0.5) is 0 Å². The third-order valence-corrected chi connectivity index (χ3v) is 2.48. The summed E-state index contributed by atoms with van der Waals surface area (Å²) in [6.45, 7) is 4.33. The summed E-state index contributed by atoms with van der Waals surface area (Å²) in [6.07, 6.45) is 0.402. The van der Waals surface area contributed by atoms with E-state index in [1.54, 1.807) is 4.90 Å². The molecule has 0 heterocycles. The molecule has 0 fully saturated rings. The van der Waals surface area contributed by atoms with Gasteiger partial charge in [-0.15, -0.1) is 0 Å². The molecule has 0 atom stereocenters. The van der Waals surface area contributed by atoms with Crippen LogP contribution in [-0.4, -0.2) is 35.1 Å². The van der Waals surface area contributed by atoms with Gasteiger partial charge in [0.25, 0.3) is 0 Å². The van der Waals surface area contributed by atoms with Crippen molar-refractivity contribution in [2.75, 3.05) is 13.2 Å². The number of hydrogen-bond acceptors (Lipinski definition) is 2. The molecule has 3 heteroatoms. The fourth-order valence-electron chi connectivity index (χ4n) is 1.65. The van der Waals surface area contributed by atoms with E-state index in [-0.39, 0.29) is 18.6 Å². The van der Waals surface area contributed by atoms with E-state index in [1.165, 1.54) is 0 Å². The number of amides is 1. The number of aliphatic hydroxyl groups is 1. The molecule has 16 heavy (non-hydrogen) atoms. The lowest BCUT2D eigenvalue weighted by atomic mass is 10.1. The van der Waals surface area contributed by atoms with Gasteiger partial charge in [-0.25, -0.2) is 0 Å². The van der Waals surface area contributed by atoms with Crippen LogP contribution >= 0.6 is 0 Å². The lowest BCUT2D eigenvalue weighted by molar-refractivity contribution is -0.132. The molecule has 1 aromatic carbocycles. The highest BCUT2D eigenvalue weighted by atomic mass is 16.3. The van der Waals surface area contributed by atoms with Crippen molar-refractivity contribution in [2.45, 2.75) is 26.3 Å². The molecule has 0 aliphatic carbocycles. The molecular formula is C13H19NO2. The first-order chi connectivity index (χ1) is 7.65. The lowest BCUT2D eigenvalue weighted by Crippen LogP contribution is -2.39. The van der Waals surface area contributed by atoms with Gasteiger partial charge < -0.3 is 10.0 Å². The Hall–Kier alpha value is -1.35. The molecule has 0 radical (unpaired) electrons. The van der Waals surface area contributed by atoms with E-state index in [0.29, 0.717) is 13.0 Å². The fourth-order valence-corrected chi connectivity index (χ4v) is 1.65. The third kappa shape index (κ3) is 3.66.